The molecule has 2 aromatic carbocycles. The Morgan fingerprint density at radius 1 is 1.06 bits per heavy atom. The summed E-state index contributed by atoms with van der Waals surface area (Å²) in [6, 6.07) is 11.8. The van der Waals surface area contributed by atoms with E-state index in [1.807, 2.05) is 13.0 Å². The summed E-state index contributed by atoms with van der Waals surface area (Å²) in [5, 5.41) is 18.1. The van der Waals surface area contributed by atoms with Crippen LogP contribution < -0.4 is 0 Å². The SMILES string of the molecule is Cc1cc(O)ccc1-c1ccc(C(=O)O)cc1. The predicted molar refractivity (Wildman–Crippen MR) is 65.2 cm³/mol. The van der Waals surface area contributed by atoms with Crippen LogP contribution in [0.4, 0.5) is 0 Å². The number of aromatic hydroxyl groups is 1. The van der Waals surface area contributed by atoms with E-state index in [9.17, 15) is 9.90 Å². The number of aromatic carboxylic acids is 1. The second kappa shape index (κ2) is 4.29. The van der Waals surface area contributed by atoms with Gasteiger partial charge in [-0.25, -0.2) is 4.79 Å². The number of carboxylic acid groups (broad SMARTS) is 1. The average molecular weight is 228 g/mol. The molecule has 0 saturated heterocycles. The number of carboxylic acids is 1. The Hall–Kier alpha value is -2.29. The van der Waals surface area contributed by atoms with Crippen molar-refractivity contribution in [1.29, 1.82) is 0 Å². The van der Waals surface area contributed by atoms with Crippen molar-refractivity contribution in [1.82, 2.24) is 0 Å². The van der Waals surface area contributed by atoms with Crippen LogP contribution >= 0.6 is 0 Å². The standard InChI is InChI=1S/C14H12O3/c1-9-8-12(15)6-7-13(9)10-2-4-11(5-3-10)14(16)17/h2-8,15H,1H3,(H,16,17). The van der Waals surface area contributed by atoms with Gasteiger partial charge in [0.1, 0.15) is 5.75 Å². The van der Waals surface area contributed by atoms with Gasteiger partial charge in [-0.3, -0.25) is 0 Å². The molecule has 3 nitrogen and oxygen atoms in total. The molecular weight excluding hydrogens is 216 g/mol. The summed E-state index contributed by atoms with van der Waals surface area (Å²) in [6.45, 7) is 1.90. The third-order valence-electron chi connectivity index (χ3n) is 2.65. The second-order valence-electron chi connectivity index (χ2n) is 3.88. The Balaban J connectivity index is 2.43. The van der Waals surface area contributed by atoms with Crippen LogP contribution in [0.3, 0.4) is 0 Å². The summed E-state index contributed by atoms with van der Waals surface area (Å²) in [5.41, 5.74) is 3.14. The zero-order chi connectivity index (χ0) is 12.4. The Bertz CT molecular complexity index is 556. The summed E-state index contributed by atoms with van der Waals surface area (Å²) in [7, 11) is 0. The van der Waals surface area contributed by atoms with E-state index >= 15 is 0 Å². The van der Waals surface area contributed by atoms with Crippen molar-refractivity contribution < 1.29 is 15.0 Å². The smallest absolute Gasteiger partial charge is 0.335 e. The molecule has 0 spiro atoms. The first-order valence-corrected chi connectivity index (χ1v) is 5.21. The minimum Gasteiger partial charge on any atom is -0.508 e. The maximum absolute atomic E-state index is 10.7. The van der Waals surface area contributed by atoms with Crippen molar-refractivity contribution >= 4 is 5.97 Å². The summed E-state index contributed by atoms with van der Waals surface area (Å²) in [4.78, 5) is 10.7. The lowest BCUT2D eigenvalue weighted by Crippen LogP contribution is -1.95. The Morgan fingerprint density at radius 3 is 2.24 bits per heavy atom. The first kappa shape index (κ1) is 11.2. The van der Waals surface area contributed by atoms with E-state index in [1.54, 1.807) is 36.4 Å². The van der Waals surface area contributed by atoms with Gasteiger partial charge in [0.05, 0.1) is 5.56 Å². The van der Waals surface area contributed by atoms with Gasteiger partial charge in [-0.15, -0.1) is 0 Å². The lowest BCUT2D eigenvalue weighted by Gasteiger charge is -2.06. The fourth-order valence-corrected chi connectivity index (χ4v) is 1.76. The summed E-state index contributed by atoms with van der Waals surface area (Å²) in [5.74, 6) is -0.701. The third kappa shape index (κ3) is 2.28. The molecular formula is C14H12O3. The highest BCUT2D eigenvalue weighted by Crippen LogP contribution is 2.26. The molecule has 0 aliphatic rings. The molecule has 0 radical (unpaired) electrons. The number of phenols is 1. The highest BCUT2D eigenvalue weighted by Gasteiger charge is 2.05. The molecule has 0 atom stereocenters. The molecule has 0 bridgehead atoms. The maximum atomic E-state index is 10.7. The van der Waals surface area contributed by atoms with Gasteiger partial charge in [-0.2, -0.15) is 0 Å². The number of phenolic OH excluding ortho intramolecular Hbond substituents is 1. The van der Waals surface area contributed by atoms with Crippen LogP contribution in [0.15, 0.2) is 42.5 Å². The first-order chi connectivity index (χ1) is 8.08. The van der Waals surface area contributed by atoms with Crippen LogP contribution in [0.25, 0.3) is 11.1 Å². The third-order valence-corrected chi connectivity index (χ3v) is 2.65. The Morgan fingerprint density at radius 2 is 1.71 bits per heavy atom. The molecule has 3 heteroatoms. The molecule has 0 aliphatic carbocycles. The number of aryl methyl sites for hydroxylation is 1. The molecule has 0 unspecified atom stereocenters. The molecule has 17 heavy (non-hydrogen) atoms. The number of carbonyl (C=O) groups is 1. The average Bonchev–Trinajstić information content (AvgIpc) is 2.29. The molecule has 0 aliphatic heterocycles. The number of benzene rings is 2. The van der Waals surface area contributed by atoms with E-state index in [2.05, 4.69) is 0 Å². The molecule has 2 N–H and O–H groups in total. The van der Waals surface area contributed by atoms with E-state index in [1.165, 1.54) is 0 Å². The first-order valence-electron chi connectivity index (χ1n) is 5.21. The van der Waals surface area contributed by atoms with E-state index in [-0.39, 0.29) is 11.3 Å². The van der Waals surface area contributed by atoms with Gasteiger partial charge in [-0.05, 0) is 47.9 Å². The highest BCUT2D eigenvalue weighted by atomic mass is 16.4. The molecule has 2 aromatic rings. The van der Waals surface area contributed by atoms with Gasteiger partial charge in [0.25, 0.3) is 0 Å². The molecule has 2 rings (SSSR count). The quantitative estimate of drug-likeness (QED) is 0.830. The van der Waals surface area contributed by atoms with Crippen LogP contribution in [0, 0.1) is 6.92 Å². The lowest BCUT2D eigenvalue weighted by molar-refractivity contribution is 0.0697. The van der Waals surface area contributed by atoms with Crippen molar-refractivity contribution in [3.05, 3.63) is 53.6 Å². The van der Waals surface area contributed by atoms with Crippen molar-refractivity contribution in [2.45, 2.75) is 6.92 Å². The van der Waals surface area contributed by atoms with Gasteiger partial charge >= 0.3 is 5.97 Å². The van der Waals surface area contributed by atoms with Gasteiger partial charge < -0.3 is 10.2 Å². The van der Waals surface area contributed by atoms with Crippen molar-refractivity contribution in [2.75, 3.05) is 0 Å². The van der Waals surface area contributed by atoms with Gasteiger partial charge in [0.2, 0.25) is 0 Å². The monoisotopic (exact) mass is 228 g/mol. The van der Waals surface area contributed by atoms with Crippen LogP contribution in [0.5, 0.6) is 5.75 Å². The number of rotatable bonds is 2. The van der Waals surface area contributed by atoms with Crippen LogP contribution in [0.2, 0.25) is 0 Å². The van der Waals surface area contributed by atoms with Gasteiger partial charge in [0.15, 0.2) is 0 Å². The molecule has 0 saturated carbocycles. The van der Waals surface area contributed by atoms with Crippen LogP contribution in [-0.4, -0.2) is 16.2 Å². The van der Waals surface area contributed by atoms with E-state index in [0.29, 0.717) is 0 Å². The molecule has 0 aromatic heterocycles. The van der Waals surface area contributed by atoms with E-state index in [0.717, 1.165) is 16.7 Å². The predicted octanol–water partition coefficient (Wildman–Crippen LogP) is 3.07. The lowest BCUT2D eigenvalue weighted by atomic mass is 9.99. The minimum atomic E-state index is -0.932. The maximum Gasteiger partial charge on any atom is 0.335 e. The Labute approximate surface area is 99.0 Å². The van der Waals surface area contributed by atoms with E-state index < -0.39 is 5.97 Å². The Kier molecular flexibility index (Phi) is 2.83. The number of hydrogen-bond acceptors (Lipinski definition) is 2. The fourth-order valence-electron chi connectivity index (χ4n) is 1.76. The van der Waals surface area contributed by atoms with Gasteiger partial charge in [0, 0.05) is 0 Å². The summed E-state index contributed by atoms with van der Waals surface area (Å²) in [6.07, 6.45) is 0. The van der Waals surface area contributed by atoms with Crippen LogP contribution in [0.1, 0.15) is 15.9 Å². The number of hydrogen-bond donors (Lipinski definition) is 2. The highest BCUT2D eigenvalue weighted by molar-refractivity contribution is 5.88. The normalized spacial score (nSPS) is 10.2. The van der Waals surface area contributed by atoms with Gasteiger partial charge in [-0.1, -0.05) is 18.2 Å². The zero-order valence-corrected chi connectivity index (χ0v) is 9.34. The molecule has 0 fully saturated rings. The van der Waals surface area contributed by atoms with Crippen molar-refractivity contribution in [3.8, 4) is 16.9 Å². The molecule has 86 valence electrons. The second-order valence-corrected chi connectivity index (χ2v) is 3.88. The summed E-state index contributed by atoms with van der Waals surface area (Å²) >= 11 is 0. The minimum absolute atomic E-state index is 0.230. The van der Waals surface area contributed by atoms with Crippen LogP contribution in [-0.2, 0) is 0 Å². The zero-order valence-electron chi connectivity index (χ0n) is 9.34. The van der Waals surface area contributed by atoms with Crippen molar-refractivity contribution in [2.24, 2.45) is 0 Å². The molecule has 0 heterocycles. The summed E-state index contributed by atoms with van der Waals surface area (Å²) < 4.78 is 0. The fraction of sp³-hybridized carbons (Fsp3) is 0.0714. The van der Waals surface area contributed by atoms with Crippen molar-refractivity contribution in [3.63, 3.8) is 0 Å². The molecule has 0 amide bonds. The van der Waals surface area contributed by atoms with E-state index in [4.69, 9.17) is 5.11 Å². The topological polar surface area (TPSA) is 57.5 Å². The largest absolute Gasteiger partial charge is 0.508 e.